The maximum atomic E-state index is 13.5. The van der Waals surface area contributed by atoms with E-state index in [0.29, 0.717) is 5.69 Å². The van der Waals surface area contributed by atoms with Crippen LogP contribution in [0.1, 0.15) is 15.9 Å². The summed E-state index contributed by atoms with van der Waals surface area (Å²) in [5.41, 5.74) is 1.08. The van der Waals surface area contributed by atoms with Gasteiger partial charge in [0.25, 0.3) is 5.91 Å². The van der Waals surface area contributed by atoms with Gasteiger partial charge in [-0.2, -0.15) is 0 Å². The zero-order chi connectivity index (χ0) is 14.0. The average Bonchev–Trinajstić information content (AvgIpc) is 2.36. The Kier molecular flexibility index (Phi) is 3.71. The number of anilines is 1. The second-order valence-electron chi connectivity index (χ2n) is 4.10. The summed E-state index contributed by atoms with van der Waals surface area (Å²) in [6, 6.07) is 8.55. The molecule has 0 aromatic heterocycles. The molecule has 0 radical (unpaired) electrons. The van der Waals surface area contributed by atoms with Crippen molar-refractivity contribution in [3.8, 4) is 5.75 Å². The minimum Gasteiger partial charge on any atom is -0.506 e. The van der Waals surface area contributed by atoms with Gasteiger partial charge in [-0.25, -0.2) is 4.39 Å². The maximum absolute atomic E-state index is 13.5. The lowest BCUT2D eigenvalue weighted by Gasteiger charge is -2.08. The van der Waals surface area contributed by atoms with Crippen molar-refractivity contribution < 1.29 is 14.3 Å². The highest BCUT2D eigenvalue weighted by molar-refractivity contribution is 6.32. The Labute approximate surface area is 114 Å². The first-order valence-electron chi connectivity index (χ1n) is 5.53. The van der Waals surface area contributed by atoms with E-state index in [4.69, 9.17) is 11.6 Å². The van der Waals surface area contributed by atoms with Gasteiger partial charge in [-0.05, 0) is 31.2 Å². The van der Waals surface area contributed by atoms with Gasteiger partial charge in [-0.3, -0.25) is 4.79 Å². The van der Waals surface area contributed by atoms with Crippen molar-refractivity contribution in [2.45, 2.75) is 6.92 Å². The zero-order valence-corrected chi connectivity index (χ0v) is 10.8. The Balaban J connectivity index is 2.25. The van der Waals surface area contributed by atoms with Crippen LogP contribution in [0.25, 0.3) is 0 Å². The lowest BCUT2D eigenvalue weighted by atomic mass is 10.1. The summed E-state index contributed by atoms with van der Waals surface area (Å²) in [6.07, 6.45) is 0. The normalized spacial score (nSPS) is 10.3. The van der Waals surface area contributed by atoms with Crippen LogP contribution in [0, 0.1) is 12.7 Å². The number of phenolic OH excluding ortho intramolecular Hbond substituents is 1. The molecule has 0 unspecified atom stereocenters. The highest BCUT2D eigenvalue weighted by atomic mass is 35.5. The highest BCUT2D eigenvalue weighted by Crippen LogP contribution is 2.26. The molecule has 3 nitrogen and oxygen atoms in total. The van der Waals surface area contributed by atoms with Gasteiger partial charge in [0.15, 0.2) is 0 Å². The van der Waals surface area contributed by atoms with Gasteiger partial charge >= 0.3 is 0 Å². The largest absolute Gasteiger partial charge is 0.506 e. The lowest BCUT2D eigenvalue weighted by Crippen LogP contribution is -2.13. The number of rotatable bonds is 2. The summed E-state index contributed by atoms with van der Waals surface area (Å²) in [6.45, 7) is 1.77. The third kappa shape index (κ3) is 3.03. The molecule has 0 atom stereocenters. The summed E-state index contributed by atoms with van der Waals surface area (Å²) in [4.78, 5) is 11.9. The molecule has 0 heterocycles. The summed E-state index contributed by atoms with van der Waals surface area (Å²) in [5.74, 6) is -1.33. The SMILES string of the molecule is Cc1ccc(F)c(C(=O)Nc2ccc(Cl)c(O)c2)c1. The van der Waals surface area contributed by atoms with Gasteiger partial charge in [0.1, 0.15) is 11.6 Å². The van der Waals surface area contributed by atoms with E-state index in [0.717, 1.165) is 5.56 Å². The number of carbonyl (C=O) groups is 1. The number of carbonyl (C=O) groups excluding carboxylic acids is 1. The molecule has 2 aromatic rings. The van der Waals surface area contributed by atoms with Crippen molar-refractivity contribution in [1.29, 1.82) is 0 Å². The fourth-order valence-electron chi connectivity index (χ4n) is 1.60. The van der Waals surface area contributed by atoms with E-state index >= 15 is 0 Å². The van der Waals surface area contributed by atoms with Crippen LogP contribution in [-0.2, 0) is 0 Å². The Morgan fingerprint density at radius 3 is 2.68 bits per heavy atom. The van der Waals surface area contributed by atoms with E-state index < -0.39 is 11.7 Å². The topological polar surface area (TPSA) is 49.3 Å². The van der Waals surface area contributed by atoms with Crippen molar-refractivity contribution in [2.24, 2.45) is 0 Å². The number of amides is 1. The predicted octanol–water partition coefficient (Wildman–Crippen LogP) is 3.75. The number of nitrogens with one attached hydrogen (secondary N) is 1. The van der Waals surface area contributed by atoms with Gasteiger partial charge in [0, 0.05) is 11.8 Å². The summed E-state index contributed by atoms with van der Waals surface area (Å²) in [5, 5.41) is 12.1. The number of hydrogen-bond donors (Lipinski definition) is 2. The first-order chi connectivity index (χ1) is 8.97. The van der Waals surface area contributed by atoms with Gasteiger partial charge in [0.2, 0.25) is 0 Å². The van der Waals surface area contributed by atoms with Crippen LogP contribution in [0.5, 0.6) is 5.75 Å². The predicted molar refractivity (Wildman–Crippen MR) is 72.2 cm³/mol. The standard InChI is InChI=1S/C14H11ClFNO2/c1-8-2-5-12(16)10(6-8)14(19)17-9-3-4-11(15)13(18)7-9/h2-7,18H,1H3,(H,17,19). The maximum Gasteiger partial charge on any atom is 0.258 e. The molecular formula is C14H11ClFNO2. The van der Waals surface area contributed by atoms with Crippen molar-refractivity contribution in [2.75, 3.05) is 5.32 Å². The number of aromatic hydroxyl groups is 1. The first-order valence-corrected chi connectivity index (χ1v) is 5.91. The first kappa shape index (κ1) is 13.4. The quantitative estimate of drug-likeness (QED) is 0.880. The third-order valence-electron chi connectivity index (χ3n) is 2.57. The fraction of sp³-hybridized carbons (Fsp3) is 0.0714. The smallest absolute Gasteiger partial charge is 0.258 e. The molecule has 98 valence electrons. The Morgan fingerprint density at radius 1 is 1.26 bits per heavy atom. The van der Waals surface area contributed by atoms with E-state index in [-0.39, 0.29) is 16.3 Å². The summed E-state index contributed by atoms with van der Waals surface area (Å²) in [7, 11) is 0. The van der Waals surface area contributed by atoms with E-state index in [2.05, 4.69) is 5.32 Å². The molecule has 19 heavy (non-hydrogen) atoms. The number of benzene rings is 2. The lowest BCUT2D eigenvalue weighted by molar-refractivity contribution is 0.102. The molecule has 0 saturated carbocycles. The van der Waals surface area contributed by atoms with Crippen LogP contribution >= 0.6 is 11.6 Å². The summed E-state index contributed by atoms with van der Waals surface area (Å²) >= 11 is 5.66. The van der Waals surface area contributed by atoms with Crippen molar-refractivity contribution >= 4 is 23.2 Å². The minimum absolute atomic E-state index is 0.0468. The van der Waals surface area contributed by atoms with E-state index in [1.807, 2.05) is 0 Å². The van der Waals surface area contributed by atoms with Gasteiger partial charge < -0.3 is 10.4 Å². The Morgan fingerprint density at radius 2 is 2.00 bits per heavy atom. The second-order valence-corrected chi connectivity index (χ2v) is 4.51. The fourth-order valence-corrected chi connectivity index (χ4v) is 1.72. The Bertz CT molecular complexity index is 643. The molecule has 0 aliphatic heterocycles. The van der Waals surface area contributed by atoms with Crippen LogP contribution in [0.15, 0.2) is 36.4 Å². The van der Waals surface area contributed by atoms with Gasteiger partial charge in [0.05, 0.1) is 10.6 Å². The monoisotopic (exact) mass is 279 g/mol. The molecule has 1 amide bonds. The van der Waals surface area contributed by atoms with Crippen molar-refractivity contribution in [3.63, 3.8) is 0 Å². The van der Waals surface area contributed by atoms with Crippen LogP contribution in [0.3, 0.4) is 0 Å². The van der Waals surface area contributed by atoms with Crippen LogP contribution in [-0.4, -0.2) is 11.0 Å². The summed E-state index contributed by atoms with van der Waals surface area (Å²) < 4.78 is 13.5. The molecule has 2 rings (SSSR count). The molecule has 2 N–H and O–H groups in total. The van der Waals surface area contributed by atoms with Crippen LogP contribution in [0.4, 0.5) is 10.1 Å². The molecule has 0 aliphatic rings. The van der Waals surface area contributed by atoms with E-state index in [9.17, 15) is 14.3 Å². The van der Waals surface area contributed by atoms with Gasteiger partial charge in [-0.15, -0.1) is 0 Å². The Hall–Kier alpha value is -2.07. The van der Waals surface area contributed by atoms with E-state index in [1.54, 1.807) is 13.0 Å². The molecule has 0 saturated heterocycles. The molecule has 5 heteroatoms. The van der Waals surface area contributed by atoms with Crippen molar-refractivity contribution in [1.82, 2.24) is 0 Å². The molecule has 0 fully saturated rings. The minimum atomic E-state index is -0.596. The highest BCUT2D eigenvalue weighted by Gasteiger charge is 2.12. The van der Waals surface area contributed by atoms with E-state index in [1.165, 1.54) is 30.3 Å². The second kappa shape index (κ2) is 5.28. The van der Waals surface area contributed by atoms with Crippen LogP contribution < -0.4 is 5.32 Å². The number of phenols is 1. The third-order valence-corrected chi connectivity index (χ3v) is 2.89. The van der Waals surface area contributed by atoms with Gasteiger partial charge in [-0.1, -0.05) is 23.2 Å². The number of halogens is 2. The number of aryl methyl sites for hydroxylation is 1. The zero-order valence-electron chi connectivity index (χ0n) is 10.1. The molecule has 0 aliphatic carbocycles. The average molecular weight is 280 g/mol. The van der Waals surface area contributed by atoms with Crippen molar-refractivity contribution in [3.05, 3.63) is 58.4 Å². The molecular weight excluding hydrogens is 269 g/mol. The number of hydrogen-bond acceptors (Lipinski definition) is 2. The molecule has 0 spiro atoms. The molecule has 0 bridgehead atoms. The molecule has 2 aromatic carbocycles. The van der Waals surface area contributed by atoms with Crippen LogP contribution in [0.2, 0.25) is 5.02 Å².